The zero-order valence-corrected chi connectivity index (χ0v) is 16.0. The van der Waals surface area contributed by atoms with Gasteiger partial charge in [-0.1, -0.05) is 12.7 Å². The first-order valence-electron chi connectivity index (χ1n) is 8.70. The smallest absolute Gasteiger partial charge is 0.407 e. The second kappa shape index (κ2) is 8.36. The molecule has 1 fully saturated rings. The third-order valence-corrected chi connectivity index (χ3v) is 6.29. The number of anilines is 2. The van der Waals surface area contributed by atoms with E-state index in [1.807, 2.05) is 0 Å². The lowest BCUT2D eigenvalue weighted by Gasteiger charge is -2.20. The first kappa shape index (κ1) is 19.8. The van der Waals surface area contributed by atoms with Crippen LogP contribution in [-0.2, 0) is 10.0 Å². The van der Waals surface area contributed by atoms with Crippen molar-refractivity contribution in [2.45, 2.75) is 11.3 Å². The van der Waals surface area contributed by atoms with Gasteiger partial charge in [-0.15, -0.1) is 0 Å². The minimum atomic E-state index is -3.69. The molecular weight excluding hydrogens is 382 g/mol. The van der Waals surface area contributed by atoms with Gasteiger partial charge in [0.2, 0.25) is 16.0 Å². The Labute approximate surface area is 163 Å². The van der Waals surface area contributed by atoms with E-state index in [0.29, 0.717) is 24.6 Å². The molecule has 1 aromatic carbocycles. The van der Waals surface area contributed by atoms with Crippen molar-refractivity contribution >= 4 is 33.8 Å². The molecule has 0 atom stereocenters. The first-order valence-corrected chi connectivity index (χ1v) is 10.1. The summed E-state index contributed by atoms with van der Waals surface area (Å²) in [6.07, 6.45) is 4.32. The monoisotopic (exact) mass is 403 g/mol. The molecule has 1 aromatic heterocycles. The number of nitrogens with one attached hydrogen (secondary N) is 1. The fourth-order valence-corrected chi connectivity index (χ4v) is 4.29. The van der Waals surface area contributed by atoms with E-state index in [9.17, 15) is 13.2 Å². The number of hydrogen-bond acceptors (Lipinski definition) is 6. The molecule has 0 aliphatic carbocycles. The van der Waals surface area contributed by atoms with Crippen molar-refractivity contribution in [3.05, 3.63) is 48.8 Å². The molecule has 1 amide bonds. The Morgan fingerprint density at radius 3 is 2.39 bits per heavy atom. The predicted octanol–water partition coefficient (Wildman–Crippen LogP) is 2.24. The Morgan fingerprint density at radius 2 is 1.79 bits per heavy atom. The number of rotatable bonds is 5. The van der Waals surface area contributed by atoms with Gasteiger partial charge in [-0.05, 0) is 30.7 Å². The molecule has 0 spiro atoms. The Balaban J connectivity index is 1.70. The molecule has 1 aliphatic heterocycles. The van der Waals surface area contributed by atoms with Crippen molar-refractivity contribution in [2.75, 3.05) is 31.5 Å². The van der Waals surface area contributed by atoms with E-state index in [0.717, 1.165) is 5.56 Å². The fourth-order valence-electron chi connectivity index (χ4n) is 2.82. The summed E-state index contributed by atoms with van der Waals surface area (Å²) in [5.41, 5.74) is 1.45. The molecular formula is C18H21N5O4S. The lowest BCUT2D eigenvalue weighted by atomic mass is 10.3. The molecule has 9 nitrogen and oxygen atoms in total. The fraction of sp³-hybridized carbons (Fsp3) is 0.278. The van der Waals surface area contributed by atoms with E-state index in [4.69, 9.17) is 5.11 Å². The van der Waals surface area contributed by atoms with E-state index in [-0.39, 0.29) is 24.5 Å². The van der Waals surface area contributed by atoms with Crippen LogP contribution in [0.3, 0.4) is 0 Å². The van der Waals surface area contributed by atoms with Crippen LogP contribution in [0.25, 0.3) is 6.08 Å². The molecule has 1 saturated heterocycles. The summed E-state index contributed by atoms with van der Waals surface area (Å²) < 4.78 is 27.1. The van der Waals surface area contributed by atoms with E-state index in [2.05, 4.69) is 21.9 Å². The van der Waals surface area contributed by atoms with Crippen molar-refractivity contribution < 1.29 is 18.3 Å². The van der Waals surface area contributed by atoms with Crippen molar-refractivity contribution in [2.24, 2.45) is 0 Å². The molecule has 28 heavy (non-hydrogen) atoms. The maximum atomic E-state index is 12.9. The molecule has 0 radical (unpaired) electrons. The van der Waals surface area contributed by atoms with Crippen LogP contribution in [0.2, 0.25) is 0 Å². The molecule has 0 unspecified atom stereocenters. The van der Waals surface area contributed by atoms with Gasteiger partial charge in [0.1, 0.15) is 0 Å². The van der Waals surface area contributed by atoms with Gasteiger partial charge in [0.25, 0.3) is 0 Å². The highest BCUT2D eigenvalue weighted by Gasteiger charge is 2.28. The third kappa shape index (κ3) is 4.46. The number of carboxylic acid groups (broad SMARTS) is 1. The Bertz CT molecular complexity index is 945. The van der Waals surface area contributed by atoms with Gasteiger partial charge in [-0.3, -0.25) is 0 Å². The Hall–Kier alpha value is -2.98. The highest BCUT2D eigenvalue weighted by molar-refractivity contribution is 7.89. The molecule has 2 aromatic rings. The normalized spacial score (nSPS) is 15.6. The number of amides is 1. The zero-order valence-electron chi connectivity index (χ0n) is 15.2. The van der Waals surface area contributed by atoms with Gasteiger partial charge in [-0.25, -0.2) is 23.2 Å². The summed E-state index contributed by atoms with van der Waals surface area (Å²) in [4.78, 5) is 20.8. The van der Waals surface area contributed by atoms with Crippen LogP contribution in [0.1, 0.15) is 12.0 Å². The van der Waals surface area contributed by atoms with Gasteiger partial charge in [0, 0.05) is 49.8 Å². The molecule has 2 N–H and O–H groups in total. The minimum absolute atomic E-state index is 0.137. The van der Waals surface area contributed by atoms with Gasteiger partial charge in [0.05, 0.1) is 4.90 Å². The van der Waals surface area contributed by atoms with Crippen molar-refractivity contribution in [1.29, 1.82) is 0 Å². The second-order valence-electron chi connectivity index (χ2n) is 6.22. The molecule has 0 bridgehead atoms. The molecule has 0 saturated carbocycles. The van der Waals surface area contributed by atoms with Crippen molar-refractivity contribution in [3.8, 4) is 0 Å². The van der Waals surface area contributed by atoms with Crippen molar-refractivity contribution in [3.63, 3.8) is 0 Å². The molecule has 2 heterocycles. The maximum absolute atomic E-state index is 12.9. The molecule has 1 aliphatic rings. The van der Waals surface area contributed by atoms with Crippen LogP contribution in [0.5, 0.6) is 0 Å². The number of hydrogen-bond donors (Lipinski definition) is 2. The first-order chi connectivity index (χ1) is 13.4. The molecule has 148 valence electrons. The number of carbonyl (C=O) groups is 1. The van der Waals surface area contributed by atoms with Crippen molar-refractivity contribution in [1.82, 2.24) is 19.2 Å². The maximum Gasteiger partial charge on any atom is 0.407 e. The zero-order chi connectivity index (χ0) is 20.1. The van der Waals surface area contributed by atoms with E-state index in [1.165, 1.54) is 21.3 Å². The van der Waals surface area contributed by atoms with Crippen LogP contribution in [-0.4, -0.2) is 65.0 Å². The summed E-state index contributed by atoms with van der Waals surface area (Å²) >= 11 is 0. The molecule has 10 heteroatoms. The predicted molar refractivity (Wildman–Crippen MR) is 105 cm³/mol. The SMILES string of the molecule is C=Cc1cnc(Nc2ccc(S(=O)(=O)N3CCCN(C(=O)O)CC3)cc2)nc1. The summed E-state index contributed by atoms with van der Waals surface area (Å²) in [6, 6.07) is 6.29. The third-order valence-electron chi connectivity index (χ3n) is 4.38. The van der Waals surface area contributed by atoms with Gasteiger partial charge >= 0.3 is 6.09 Å². The standard InChI is InChI=1S/C18H21N5O4S/c1-2-14-12-19-17(20-13-14)21-15-4-6-16(7-5-15)28(26,27)23-9-3-8-22(10-11-23)18(24)25/h2,4-7,12-13H,1,3,8-11H2,(H,24,25)(H,19,20,21). The number of aromatic nitrogens is 2. The topological polar surface area (TPSA) is 116 Å². The number of benzene rings is 1. The average molecular weight is 403 g/mol. The van der Waals surface area contributed by atoms with E-state index in [1.54, 1.807) is 30.6 Å². The highest BCUT2D eigenvalue weighted by atomic mass is 32.2. The summed E-state index contributed by atoms with van der Waals surface area (Å²) in [5.74, 6) is 0.391. The van der Waals surface area contributed by atoms with Crippen LogP contribution in [0.15, 0.2) is 48.1 Å². The van der Waals surface area contributed by atoms with Gasteiger partial charge in [0.15, 0.2) is 0 Å². The Kier molecular flexibility index (Phi) is 5.90. The van der Waals surface area contributed by atoms with E-state index >= 15 is 0 Å². The largest absolute Gasteiger partial charge is 0.465 e. The van der Waals surface area contributed by atoms with Crippen LogP contribution < -0.4 is 5.32 Å². The number of sulfonamides is 1. The summed E-state index contributed by atoms with van der Waals surface area (Å²) in [5, 5.41) is 12.1. The molecule has 3 rings (SSSR count). The van der Waals surface area contributed by atoms with Crippen LogP contribution in [0.4, 0.5) is 16.4 Å². The second-order valence-corrected chi connectivity index (χ2v) is 8.16. The lowest BCUT2D eigenvalue weighted by Crippen LogP contribution is -2.36. The summed E-state index contributed by atoms with van der Waals surface area (Å²) in [7, 11) is -3.69. The van der Waals surface area contributed by atoms with E-state index < -0.39 is 16.1 Å². The highest BCUT2D eigenvalue weighted by Crippen LogP contribution is 2.21. The van der Waals surface area contributed by atoms with Gasteiger partial charge < -0.3 is 15.3 Å². The number of nitrogens with zero attached hydrogens (tertiary/aromatic N) is 4. The quantitative estimate of drug-likeness (QED) is 0.786. The Morgan fingerprint density at radius 1 is 1.11 bits per heavy atom. The van der Waals surface area contributed by atoms with Gasteiger partial charge in [-0.2, -0.15) is 4.31 Å². The summed E-state index contributed by atoms with van der Waals surface area (Å²) in [6.45, 7) is 4.55. The van der Waals surface area contributed by atoms with Crippen LogP contribution >= 0.6 is 0 Å². The lowest BCUT2D eigenvalue weighted by molar-refractivity contribution is 0.147. The average Bonchev–Trinajstić information content (AvgIpc) is 2.96. The van der Waals surface area contributed by atoms with Crippen LogP contribution in [0, 0.1) is 0 Å². The minimum Gasteiger partial charge on any atom is -0.465 e.